The number of benzene rings is 2. The average Bonchev–Trinajstić information content (AvgIpc) is 3.16. The number of pyridine rings is 1. The zero-order valence-electron chi connectivity index (χ0n) is 17.2. The third kappa shape index (κ3) is 5.02. The van der Waals surface area contributed by atoms with E-state index in [2.05, 4.69) is 15.3 Å². The molecule has 0 spiro atoms. The van der Waals surface area contributed by atoms with Crippen molar-refractivity contribution in [2.45, 2.75) is 6.92 Å². The van der Waals surface area contributed by atoms with Gasteiger partial charge in [0.05, 0.1) is 22.3 Å². The summed E-state index contributed by atoms with van der Waals surface area (Å²) in [5, 5.41) is 3.09. The van der Waals surface area contributed by atoms with E-state index in [9.17, 15) is 14.0 Å². The van der Waals surface area contributed by atoms with E-state index in [0.29, 0.717) is 22.1 Å². The number of carbonyl (C=O) groups is 2. The molecule has 8 nitrogen and oxygen atoms in total. The Kier molecular flexibility index (Phi) is 6.38. The summed E-state index contributed by atoms with van der Waals surface area (Å²) < 4.78 is 30.0. The lowest BCUT2D eigenvalue weighted by Crippen LogP contribution is -2.17. The molecule has 2 aromatic carbocycles. The number of halogens is 2. The molecule has 0 aliphatic carbocycles. The highest BCUT2D eigenvalue weighted by Gasteiger charge is 2.22. The van der Waals surface area contributed by atoms with Gasteiger partial charge in [0.25, 0.3) is 5.91 Å². The Morgan fingerprint density at radius 1 is 1.12 bits per heavy atom. The van der Waals surface area contributed by atoms with Crippen molar-refractivity contribution >= 4 is 50.2 Å². The van der Waals surface area contributed by atoms with Crippen LogP contribution in [0.5, 0.6) is 23.0 Å². The van der Waals surface area contributed by atoms with Crippen LogP contribution in [0.15, 0.2) is 48.7 Å². The number of nitrogens with zero attached hydrogens (tertiary/aromatic N) is 2. The molecule has 2 aromatic heterocycles. The molecule has 11 heteroatoms. The van der Waals surface area contributed by atoms with Gasteiger partial charge in [0, 0.05) is 25.3 Å². The van der Waals surface area contributed by atoms with Crippen molar-refractivity contribution in [3.8, 4) is 23.0 Å². The van der Waals surface area contributed by atoms with Crippen molar-refractivity contribution in [2.24, 2.45) is 0 Å². The molecule has 0 unspecified atom stereocenters. The predicted molar refractivity (Wildman–Crippen MR) is 121 cm³/mol. The highest BCUT2D eigenvalue weighted by Crippen LogP contribution is 2.35. The molecule has 0 fully saturated rings. The van der Waals surface area contributed by atoms with Gasteiger partial charge in [-0.05, 0) is 30.3 Å². The molecule has 2 heterocycles. The molecule has 1 amide bonds. The summed E-state index contributed by atoms with van der Waals surface area (Å²) in [6.07, 6.45) is 1.36. The van der Waals surface area contributed by atoms with E-state index in [0.717, 1.165) is 10.8 Å². The maximum Gasteiger partial charge on any atom is 0.308 e. The third-order valence-electron chi connectivity index (χ3n) is 4.25. The fourth-order valence-electron chi connectivity index (χ4n) is 2.86. The van der Waals surface area contributed by atoms with Gasteiger partial charge in [-0.2, -0.15) is 0 Å². The molecule has 168 valence electrons. The van der Waals surface area contributed by atoms with Gasteiger partial charge < -0.3 is 14.2 Å². The number of ether oxygens (including phenoxy) is 3. The summed E-state index contributed by atoms with van der Waals surface area (Å²) in [5.74, 6) is -0.841. The van der Waals surface area contributed by atoms with Crippen LogP contribution in [-0.4, -0.2) is 29.0 Å². The molecular formula is C22H15ClFN3O5S. The normalized spacial score (nSPS) is 10.7. The van der Waals surface area contributed by atoms with Gasteiger partial charge in [-0.3, -0.25) is 14.9 Å². The predicted octanol–water partition coefficient (Wildman–Crippen LogP) is 5.46. The maximum atomic E-state index is 13.2. The minimum Gasteiger partial charge on any atom is -0.493 e. The van der Waals surface area contributed by atoms with Crippen LogP contribution in [0.3, 0.4) is 0 Å². The van der Waals surface area contributed by atoms with Crippen LogP contribution >= 0.6 is 22.9 Å². The molecule has 4 aromatic rings. The van der Waals surface area contributed by atoms with E-state index in [1.807, 2.05) is 0 Å². The van der Waals surface area contributed by atoms with Crippen LogP contribution in [0.25, 0.3) is 10.2 Å². The molecular weight excluding hydrogens is 473 g/mol. The Labute approximate surface area is 195 Å². The number of hydrogen-bond acceptors (Lipinski definition) is 8. The van der Waals surface area contributed by atoms with E-state index in [4.69, 9.17) is 25.8 Å². The first kappa shape index (κ1) is 22.4. The topological polar surface area (TPSA) is 99.6 Å². The van der Waals surface area contributed by atoms with Crippen molar-refractivity contribution in [1.82, 2.24) is 9.97 Å². The van der Waals surface area contributed by atoms with Gasteiger partial charge in [-0.1, -0.05) is 22.9 Å². The highest BCUT2D eigenvalue weighted by molar-refractivity contribution is 7.22. The smallest absolute Gasteiger partial charge is 0.308 e. The monoisotopic (exact) mass is 487 g/mol. The Hall–Kier alpha value is -3.76. The standard InChI is InChI=1S/C22H15ClFN3O5S/c1-11(28)31-20-17(30-2)7-8-25-19(20)21(29)27-22-26-15-5-4-13(10-18(15)33-22)32-16-6-3-12(24)9-14(16)23/h3-10H,1-2H3,(H,26,27,29). The zero-order chi connectivity index (χ0) is 23.5. The molecule has 0 aliphatic rings. The first-order valence-corrected chi connectivity index (χ1v) is 10.6. The summed E-state index contributed by atoms with van der Waals surface area (Å²) >= 11 is 7.21. The van der Waals surface area contributed by atoms with Gasteiger partial charge in [-0.25, -0.2) is 14.4 Å². The number of hydrogen-bond donors (Lipinski definition) is 1. The number of rotatable bonds is 6. The number of nitrogens with one attached hydrogen (secondary N) is 1. The minimum absolute atomic E-state index is 0.0852. The molecule has 4 rings (SSSR count). The summed E-state index contributed by atoms with van der Waals surface area (Å²) in [6, 6.07) is 10.4. The number of esters is 1. The fourth-order valence-corrected chi connectivity index (χ4v) is 3.95. The lowest BCUT2D eigenvalue weighted by molar-refractivity contribution is -0.132. The van der Waals surface area contributed by atoms with E-state index in [-0.39, 0.29) is 22.2 Å². The lowest BCUT2D eigenvalue weighted by atomic mass is 10.3. The summed E-state index contributed by atoms with van der Waals surface area (Å²) in [5.41, 5.74) is 0.491. The summed E-state index contributed by atoms with van der Waals surface area (Å²) in [7, 11) is 1.39. The first-order valence-electron chi connectivity index (χ1n) is 9.40. The molecule has 0 aliphatic heterocycles. The van der Waals surface area contributed by atoms with Gasteiger partial charge in [0.15, 0.2) is 16.6 Å². The molecule has 0 saturated carbocycles. The maximum absolute atomic E-state index is 13.2. The van der Waals surface area contributed by atoms with Crippen LogP contribution in [-0.2, 0) is 4.79 Å². The van der Waals surface area contributed by atoms with E-state index < -0.39 is 17.7 Å². The number of anilines is 1. The largest absolute Gasteiger partial charge is 0.493 e. The van der Waals surface area contributed by atoms with Gasteiger partial charge in [-0.15, -0.1) is 0 Å². The summed E-state index contributed by atoms with van der Waals surface area (Å²) in [4.78, 5) is 32.6. The van der Waals surface area contributed by atoms with Crippen LogP contribution in [0, 0.1) is 5.82 Å². The van der Waals surface area contributed by atoms with Crippen molar-refractivity contribution in [3.05, 3.63) is 65.2 Å². The third-order valence-corrected chi connectivity index (χ3v) is 5.48. The van der Waals surface area contributed by atoms with Gasteiger partial charge in [0.2, 0.25) is 5.75 Å². The number of amides is 1. The Bertz CT molecular complexity index is 1380. The molecule has 0 radical (unpaired) electrons. The lowest BCUT2D eigenvalue weighted by Gasteiger charge is -2.11. The number of carbonyl (C=O) groups excluding carboxylic acids is 2. The average molecular weight is 488 g/mol. The second-order valence-electron chi connectivity index (χ2n) is 6.56. The fraction of sp³-hybridized carbons (Fsp3) is 0.0909. The second-order valence-corrected chi connectivity index (χ2v) is 8.00. The van der Waals surface area contributed by atoms with E-state index in [1.165, 1.54) is 49.8 Å². The van der Waals surface area contributed by atoms with Crippen LogP contribution < -0.4 is 19.5 Å². The quantitative estimate of drug-likeness (QED) is 0.360. The molecule has 0 atom stereocenters. The number of thiazole rings is 1. The highest BCUT2D eigenvalue weighted by atomic mass is 35.5. The Balaban J connectivity index is 1.57. The SMILES string of the molecule is COc1ccnc(C(=O)Nc2nc3ccc(Oc4ccc(F)cc4Cl)cc3s2)c1OC(C)=O. The number of fused-ring (bicyclic) bond motifs is 1. The summed E-state index contributed by atoms with van der Waals surface area (Å²) in [6.45, 7) is 1.21. The van der Waals surface area contributed by atoms with Crippen molar-refractivity contribution in [3.63, 3.8) is 0 Å². The first-order chi connectivity index (χ1) is 15.8. The van der Waals surface area contributed by atoms with Gasteiger partial charge in [0.1, 0.15) is 17.3 Å². The van der Waals surface area contributed by atoms with Crippen LogP contribution in [0.2, 0.25) is 5.02 Å². The zero-order valence-corrected chi connectivity index (χ0v) is 18.8. The number of methoxy groups -OCH3 is 1. The van der Waals surface area contributed by atoms with E-state index in [1.54, 1.807) is 18.2 Å². The van der Waals surface area contributed by atoms with Crippen molar-refractivity contribution in [2.75, 3.05) is 12.4 Å². The van der Waals surface area contributed by atoms with Crippen molar-refractivity contribution in [1.29, 1.82) is 0 Å². The molecule has 1 N–H and O–H groups in total. The van der Waals surface area contributed by atoms with Crippen molar-refractivity contribution < 1.29 is 28.2 Å². The Morgan fingerprint density at radius 3 is 2.67 bits per heavy atom. The molecule has 33 heavy (non-hydrogen) atoms. The second kappa shape index (κ2) is 9.39. The minimum atomic E-state index is -0.626. The van der Waals surface area contributed by atoms with E-state index >= 15 is 0 Å². The Morgan fingerprint density at radius 2 is 1.94 bits per heavy atom. The molecule has 0 saturated heterocycles. The van der Waals surface area contributed by atoms with Gasteiger partial charge >= 0.3 is 5.97 Å². The van der Waals surface area contributed by atoms with Crippen LogP contribution in [0.1, 0.15) is 17.4 Å². The molecule has 0 bridgehead atoms. The number of aromatic nitrogens is 2. The van der Waals surface area contributed by atoms with Crippen LogP contribution in [0.4, 0.5) is 9.52 Å².